The van der Waals surface area contributed by atoms with E-state index in [1.807, 2.05) is 0 Å². The quantitative estimate of drug-likeness (QED) is 0.456. The van der Waals surface area contributed by atoms with Gasteiger partial charge in [0.2, 0.25) is 0 Å². The molecule has 5 nitrogen and oxygen atoms in total. The lowest BCUT2D eigenvalue weighted by Crippen LogP contribution is -2.00. The summed E-state index contributed by atoms with van der Waals surface area (Å²) in [5.41, 5.74) is 0.658. The smallest absolute Gasteiger partial charge is 0.272 e. The summed E-state index contributed by atoms with van der Waals surface area (Å²) in [6, 6.07) is 4.60. The molecule has 0 spiro atoms. The highest BCUT2D eigenvalue weighted by molar-refractivity contribution is 5.44. The van der Waals surface area contributed by atoms with Crippen molar-refractivity contribution in [3.63, 3.8) is 0 Å². The lowest BCUT2D eigenvalue weighted by atomic mass is 10.2. The number of aryl methyl sites for hydroxylation is 1. The third kappa shape index (κ3) is 3.21. The van der Waals surface area contributed by atoms with E-state index in [9.17, 15) is 10.1 Å². The summed E-state index contributed by atoms with van der Waals surface area (Å²) < 4.78 is 5.28. The maximum Gasteiger partial charge on any atom is 0.272 e. The Kier molecular flexibility index (Phi) is 4.05. The molecule has 0 heterocycles. The van der Waals surface area contributed by atoms with E-state index in [4.69, 9.17) is 9.84 Å². The van der Waals surface area contributed by atoms with Gasteiger partial charge in [0.1, 0.15) is 5.75 Å². The summed E-state index contributed by atoms with van der Waals surface area (Å²) in [7, 11) is 0. The largest absolute Gasteiger partial charge is 0.493 e. The van der Waals surface area contributed by atoms with Crippen LogP contribution in [-0.4, -0.2) is 23.2 Å². The molecule has 0 aliphatic carbocycles. The van der Waals surface area contributed by atoms with E-state index in [2.05, 4.69) is 0 Å². The molecule has 0 bridgehead atoms. The molecule has 0 atom stereocenters. The molecule has 1 aromatic rings. The first-order chi connectivity index (χ1) is 7.15. The molecule has 15 heavy (non-hydrogen) atoms. The molecule has 1 rings (SSSR count). The number of aliphatic hydroxyl groups excluding tert-OH is 1. The van der Waals surface area contributed by atoms with Gasteiger partial charge in [0, 0.05) is 24.7 Å². The van der Waals surface area contributed by atoms with Crippen LogP contribution >= 0.6 is 0 Å². The molecule has 0 aliphatic rings. The van der Waals surface area contributed by atoms with Gasteiger partial charge >= 0.3 is 0 Å². The molecule has 82 valence electrons. The summed E-state index contributed by atoms with van der Waals surface area (Å²) in [5, 5.41) is 19.1. The number of hydrogen-bond acceptors (Lipinski definition) is 4. The first-order valence-electron chi connectivity index (χ1n) is 4.64. The van der Waals surface area contributed by atoms with Gasteiger partial charge in [-0.1, -0.05) is 0 Å². The van der Waals surface area contributed by atoms with Crippen molar-refractivity contribution in [3.8, 4) is 5.75 Å². The van der Waals surface area contributed by atoms with Gasteiger partial charge in [0.15, 0.2) is 0 Å². The first-order valence-corrected chi connectivity index (χ1v) is 4.64. The van der Waals surface area contributed by atoms with Gasteiger partial charge in [-0.3, -0.25) is 10.1 Å². The number of benzene rings is 1. The van der Waals surface area contributed by atoms with Crippen LogP contribution in [0.5, 0.6) is 5.75 Å². The van der Waals surface area contributed by atoms with Gasteiger partial charge < -0.3 is 9.84 Å². The molecule has 0 unspecified atom stereocenters. The zero-order valence-corrected chi connectivity index (χ0v) is 8.47. The highest BCUT2D eigenvalue weighted by Crippen LogP contribution is 2.22. The minimum Gasteiger partial charge on any atom is -0.493 e. The fraction of sp³-hybridized carbons (Fsp3) is 0.400. The Morgan fingerprint density at radius 3 is 2.80 bits per heavy atom. The predicted molar refractivity (Wildman–Crippen MR) is 55.0 cm³/mol. The lowest BCUT2D eigenvalue weighted by Gasteiger charge is -2.05. The van der Waals surface area contributed by atoms with Crippen molar-refractivity contribution in [2.45, 2.75) is 13.3 Å². The van der Waals surface area contributed by atoms with Crippen molar-refractivity contribution in [1.82, 2.24) is 0 Å². The topological polar surface area (TPSA) is 72.6 Å². The Balaban J connectivity index is 2.69. The second kappa shape index (κ2) is 5.31. The molecule has 0 aromatic heterocycles. The maximum absolute atomic E-state index is 10.5. The van der Waals surface area contributed by atoms with Crippen molar-refractivity contribution in [3.05, 3.63) is 33.9 Å². The SMILES string of the molecule is Cc1cc(OCCCO)ccc1[N+](=O)[O-]. The van der Waals surface area contributed by atoms with Crippen LogP contribution in [0.15, 0.2) is 18.2 Å². The molecule has 1 aromatic carbocycles. The molecule has 0 aliphatic heterocycles. The molecule has 0 saturated heterocycles. The Bertz CT molecular complexity index is 351. The van der Waals surface area contributed by atoms with Crippen LogP contribution in [0.25, 0.3) is 0 Å². The Morgan fingerprint density at radius 1 is 1.53 bits per heavy atom. The second-order valence-electron chi connectivity index (χ2n) is 3.13. The van der Waals surface area contributed by atoms with Gasteiger partial charge in [-0.25, -0.2) is 0 Å². The Hall–Kier alpha value is -1.62. The van der Waals surface area contributed by atoms with E-state index in [1.54, 1.807) is 19.1 Å². The first kappa shape index (κ1) is 11.5. The van der Waals surface area contributed by atoms with Crippen molar-refractivity contribution in [2.75, 3.05) is 13.2 Å². The summed E-state index contributed by atoms with van der Waals surface area (Å²) in [6.07, 6.45) is 0.552. The van der Waals surface area contributed by atoms with E-state index in [0.717, 1.165) is 0 Å². The van der Waals surface area contributed by atoms with Gasteiger partial charge in [-0.15, -0.1) is 0 Å². The van der Waals surface area contributed by atoms with Crippen LogP contribution in [0.3, 0.4) is 0 Å². The van der Waals surface area contributed by atoms with E-state index in [0.29, 0.717) is 24.3 Å². The van der Waals surface area contributed by atoms with E-state index in [1.165, 1.54) is 6.07 Å². The highest BCUT2D eigenvalue weighted by atomic mass is 16.6. The fourth-order valence-electron chi connectivity index (χ4n) is 1.18. The van der Waals surface area contributed by atoms with Crippen molar-refractivity contribution < 1.29 is 14.8 Å². The average molecular weight is 211 g/mol. The van der Waals surface area contributed by atoms with E-state index >= 15 is 0 Å². The van der Waals surface area contributed by atoms with Crippen molar-refractivity contribution in [1.29, 1.82) is 0 Å². The van der Waals surface area contributed by atoms with Crippen LogP contribution < -0.4 is 4.74 Å². The standard InChI is InChI=1S/C10H13NO4/c1-8-7-9(15-6-2-5-12)3-4-10(8)11(13)14/h3-4,7,12H,2,5-6H2,1H3. The van der Waals surface area contributed by atoms with Crippen LogP contribution in [-0.2, 0) is 0 Å². The number of ether oxygens (including phenoxy) is 1. The summed E-state index contributed by atoms with van der Waals surface area (Å²) in [5.74, 6) is 0.589. The molecule has 0 radical (unpaired) electrons. The molecular weight excluding hydrogens is 198 g/mol. The van der Waals surface area contributed by atoms with Gasteiger partial charge in [-0.2, -0.15) is 0 Å². The number of nitrogens with zero attached hydrogens (tertiary/aromatic N) is 1. The van der Waals surface area contributed by atoms with Gasteiger partial charge in [0.05, 0.1) is 11.5 Å². The monoisotopic (exact) mass is 211 g/mol. The zero-order valence-electron chi connectivity index (χ0n) is 8.47. The summed E-state index contributed by atoms with van der Waals surface area (Å²) in [4.78, 5) is 10.1. The number of aliphatic hydroxyl groups is 1. The van der Waals surface area contributed by atoms with E-state index in [-0.39, 0.29) is 12.3 Å². The summed E-state index contributed by atoms with van der Waals surface area (Å²) in [6.45, 7) is 2.15. The normalized spacial score (nSPS) is 10.0. The maximum atomic E-state index is 10.5. The highest BCUT2D eigenvalue weighted by Gasteiger charge is 2.10. The van der Waals surface area contributed by atoms with Gasteiger partial charge in [-0.05, 0) is 19.1 Å². The molecule has 1 N–H and O–H groups in total. The number of nitro benzene ring substituents is 1. The number of nitro groups is 1. The Morgan fingerprint density at radius 2 is 2.27 bits per heavy atom. The minimum absolute atomic E-state index is 0.0754. The summed E-state index contributed by atoms with van der Waals surface area (Å²) >= 11 is 0. The predicted octanol–water partition coefficient (Wildman–Crippen LogP) is 1.66. The van der Waals surface area contributed by atoms with Crippen LogP contribution in [0.1, 0.15) is 12.0 Å². The number of rotatable bonds is 5. The zero-order chi connectivity index (χ0) is 11.3. The second-order valence-corrected chi connectivity index (χ2v) is 3.13. The molecular formula is C10H13NO4. The molecule has 0 fully saturated rings. The van der Waals surface area contributed by atoms with Crippen molar-refractivity contribution in [2.24, 2.45) is 0 Å². The number of hydrogen-bond donors (Lipinski definition) is 1. The molecule has 0 saturated carbocycles. The average Bonchev–Trinajstić information content (AvgIpc) is 2.17. The Labute approximate surface area is 87.5 Å². The van der Waals surface area contributed by atoms with Crippen molar-refractivity contribution >= 4 is 5.69 Å². The lowest BCUT2D eigenvalue weighted by molar-refractivity contribution is -0.385. The molecule has 5 heteroatoms. The third-order valence-electron chi connectivity index (χ3n) is 1.94. The molecule has 0 amide bonds. The van der Waals surface area contributed by atoms with Gasteiger partial charge in [0.25, 0.3) is 5.69 Å². The van der Waals surface area contributed by atoms with Crippen LogP contribution in [0.4, 0.5) is 5.69 Å². The van der Waals surface area contributed by atoms with Crippen LogP contribution in [0.2, 0.25) is 0 Å². The van der Waals surface area contributed by atoms with Crippen LogP contribution in [0, 0.1) is 17.0 Å². The third-order valence-corrected chi connectivity index (χ3v) is 1.94. The van der Waals surface area contributed by atoms with E-state index < -0.39 is 4.92 Å². The minimum atomic E-state index is -0.424. The fourth-order valence-corrected chi connectivity index (χ4v) is 1.18.